The highest BCUT2D eigenvalue weighted by molar-refractivity contribution is 5.98. The van der Waals surface area contributed by atoms with E-state index in [-0.39, 0.29) is 13.0 Å². The second kappa shape index (κ2) is 5.68. The summed E-state index contributed by atoms with van der Waals surface area (Å²) < 4.78 is 5.31. The Hall–Kier alpha value is -1.82. The van der Waals surface area contributed by atoms with E-state index in [1.165, 1.54) is 0 Å². The molecule has 0 fully saturated rings. The fourth-order valence-electron chi connectivity index (χ4n) is 1.74. The van der Waals surface area contributed by atoms with Gasteiger partial charge in [0.1, 0.15) is 17.6 Å². The van der Waals surface area contributed by atoms with Gasteiger partial charge < -0.3 is 19.9 Å². The molecule has 3 N–H and O–H groups in total. The van der Waals surface area contributed by atoms with Crippen molar-refractivity contribution in [3.8, 4) is 0 Å². The van der Waals surface area contributed by atoms with Crippen molar-refractivity contribution >= 4 is 11.9 Å². The number of carboxylic acids is 1. The molecule has 18 heavy (non-hydrogen) atoms. The van der Waals surface area contributed by atoms with Gasteiger partial charge in [-0.15, -0.1) is 0 Å². The van der Waals surface area contributed by atoms with E-state index in [4.69, 9.17) is 14.6 Å². The summed E-state index contributed by atoms with van der Waals surface area (Å²) in [7, 11) is 0. The number of aliphatic hydroxyl groups is 1. The van der Waals surface area contributed by atoms with Crippen molar-refractivity contribution in [2.45, 2.75) is 33.2 Å². The topological polar surface area (TPSA) is 99.8 Å². The predicted octanol–water partition coefficient (Wildman–Crippen LogP) is 0.770. The van der Waals surface area contributed by atoms with Gasteiger partial charge in [0.2, 0.25) is 0 Å². The first kappa shape index (κ1) is 14.2. The molecule has 6 nitrogen and oxygen atoms in total. The van der Waals surface area contributed by atoms with Crippen LogP contribution in [0.2, 0.25) is 0 Å². The summed E-state index contributed by atoms with van der Waals surface area (Å²) in [6, 6.07) is -1.10. The third kappa shape index (κ3) is 2.89. The number of carbonyl (C=O) groups excluding carboxylic acids is 1. The fraction of sp³-hybridized carbons (Fsp3) is 0.500. The molecular weight excluding hydrogens is 238 g/mol. The minimum absolute atomic E-state index is 0.0317. The van der Waals surface area contributed by atoms with Gasteiger partial charge >= 0.3 is 5.97 Å². The largest absolute Gasteiger partial charge is 0.480 e. The Morgan fingerprint density at radius 2 is 1.89 bits per heavy atom. The Labute approximate surface area is 105 Å². The van der Waals surface area contributed by atoms with Crippen LogP contribution in [0.5, 0.6) is 0 Å². The van der Waals surface area contributed by atoms with Gasteiger partial charge in [-0.2, -0.15) is 0 Å². The number of rotatable bonds is 5. The molecule has 0 spiro atoms. The number of carboxylic acid groups (broad SMARTS) is 1. The van der Waals surface area contributed by atoms with Crippen molar-refractivity contribution in [2.24, 2.45) is 0 Å². The molecule has 0 aliphatic heterocycles. The number of aryl methyl sites for hydroxylation is 2. The Bertz CT molecular complexity index is 463. The van der Waals surface area contributed by atoms with Crippen LogP contribution in [0.4, 0.5) is 0 Å². The van der Waals surface area contributed by atoms with Gasteiger partial charge in [0, 0.05) is 18.6 Å². The van der Waals surface area contributed by atoms with Gasteiger partial charge in [-0.05, 0) is 20.8 Å². The number of hydrogen-bond donors (Lipinski definition) is 3. The summed E-state index contributed by atoms with van der Waals surface area (Å²) in [5, 5.41) is 20.0. The maximum atomic E-state index is 12.0. The van der Waals surface area contributed by atoms with Crippen LogP contribution in [0.15, 0.2) is 4.42 Å². The summed E-state index contributed by atoms with van der Waals surface area (Å²) in [5.74, 6) is -0.585. The number of aliphatic carboxylic acids is 1. The minimum atomic E-state index is -1.17. The number of hydrogen-bond acceptors (Lipinski definition) is 4. The molecule has 0 saturated carbocycles. The SMILES string of the molecule is Cc1oc(C)c(C(=O)NC(CCO)C(=O)O)c1C. The smallest absolute Gasteiger partial charge is 0.326 e. The lowest BCUT2D eigenvalue weighted by molar-refractivity contribution is -0.139. The molecule has 6 heteroatoms. The molecule has 0 saturated heterocycles. The molecule has 0 bridgehead atoms. The third-order valence-electron chi connectivity index (χ3n) is 2.81. The van der Waals surface area contributed by atoms with Crippen molar-refractivity contribution in [3.63, 3.8) is 0 Å². The van der Waals surface area contributed by atoms with Crippen molar-refractivity contribution < 1.29 is 24.2 Å². The molecule has 100 valence electrons. The summed E-state index contributed by atoms with van der Waals surface area (Å²) in [4.78, 5) is 22.9. The zero-order valence-corrected chi connectivity index (χ0v) is 10.6. The van der Waals surface area contributed by atoms with Gasteiger partial charge in [0.05, 0.1) is 5.56 Å². The molecule has 1 amide bonds. The highest BCUT2D eigenvalue weighted by atomic mass is 16.4. The molecule has 0 radical (unpaired) electrons. The highest BCUT2D eigenvalue weighted by Crippen LogP contribution is 2.20. The molecule has 1 unspecified atom stereocenters. The highest BCUT2D eigenvalue weighted by Gasteiger charge is 2.24. The number of amides is 1. The van der Waals surface area contributed by atoms with Crippen molar-refractivity contribution in [1.29, 1.82) is 0 Å². The Morgan fingerprint density at radius 1 is 1.28 bits per heavy atom. The van der Waals surface area contributed by atoms with E-state index in [2.05, 4.69) is 5.32 Å². The van der Waals surface area contributed by atoms with Crippen LogP contribution >= 0.6 is 0 Å². The van der Waals surface area contributed by atoms with E-state index >= 15 is 0 Å². The van der Waals surface area contributed by atoms with E-state index in [0.717, 1.165) is 0 Å². The lowest BCUT2D eigenvalue weighted by Crippen LogP contribution is -2.41. The van der Waals surface area contributed by atoms with Gasteiger partial charge in [0.25, 0.3) is 5.91 Å². The lowest BCUT2D eigenvalue weighted by Gasteiger charge is -2.13. The summed E-state index contributed by atoms with van der Waals surface area (Å²) in [6.45, 7) is 4.82. The zero-order chi connectivity index (χ0) is 13.9. The van der Waals surface area contributed by atoms with Crippen LogP contribution in [-0.2, 0) is 4.79 Å². The van der Waals surface area contributed by atoms with Crippen LogP contribution in [0.25, 0.3) is 0 Å². The number of aliphatic hydroxyl groups excluding tert-OH is 1. The first-order chi connectivity index (χ1) is 8.38. The molecule has 0 aliphatic carbocycles. The van der Waals surface area contributed by atoms with E-state index in [9.17, 15) is 9.59 Å². The molecule has 1 aromatic rings. The normalized spacial score (nSPS) is 12.2. The third-order valence-corrected chi connectivity index (χ3v) is 2.81. The van der Waals surface area contributed by atoms with Gasteiger partial charge in [-0.25, -0.2) is 4.79 Å². The lowest BCUT2D eigenvalue weighted by atomic mass is 10.1. The van der Waals surface area contributed by atoms with Gasteiger partial charge in [0.15, 0.2) is 0 Å². The minimum Gasteiger partial charge on any atom is -0.480 e. The quantitative estimate of drug-likeness (QED) is 0.721. The molecular formula is C12H17NO5. The van der Waals surface area contributed by atoms with Crippen LogP contribution in [-0.4, -0.2) is 34.7 Å². The fourth-order valence-corrected chi connectivity index (χ4v) is 1.74. The van der Waals surface area contributed by atoms with Crippen LogP contribution in [0, 0.1) is 20.8 Å². The molecule has 1 aromatic heterocycles. The maximum Gasteiger partial charge on any atom is 0.326 e. The maximum absolute atomic E-state index is 12.0. The van der Waals surface area contributed by atoms with Crippen molar-refractivity contribution in [2.75, 3.05) is 6.61 Å². The predicted molar refractivity (Wildman–Crippen MR) is 63.5 cm³/mol. The van der Waals surface area contributed by atoms with E-state index in [1.807, 2.05) is 0 Å². The number of furan rings is 1. The van der Waals surface area contributed by atoms with Crippen LogP contribution in [0.1, 0.15) is 33.9 Å². The Kier molecular flexibility index (Phi) is 4.49. The average Bonchev–Trinajstić information content (AvgIpc) is 2.52. The number of carbonyl (C=O) groups is 2. The van der Waals surface area contributed by atoms with Gasteiger partial charge in [-0.1, -0.05) is 0 Å². The molecule has 0 aliphatic rings. The summed E-state index contributed by atoms with van der Waals surface area (Å²) in [6.07, 6.45) is -0.0317. The summed E-state index contributed by atoms with van der Waals surface area (Å²) in [5.41, 5.74) is 1.05. The zero-order valence-electron chi connectivity index (χ0n) is 10.6. The van der Waals surface area contributed by atoms with Crippen molar-refractivity contribution in [3.05, 3.63) is 22.6 Å². The Balaban J connectivity index is 2.90. The number of nitrogens with one attached hydrogen (secondary N) is 1. The van der Waals surface area contributed by atoms with Crippen molar-refractivity contribution in [1.82, 2.24) is 5.32 Å². The first-order valence-corrected chi connectivity index (χ1v) is 5.59. The summed E-state index contributed by atoms with van der Waals surface area (Å²) >= 11 is 0. The molecule has 1 rings (SSSR count). The first-order valence-electron chi connectivity index (χ1n) is 5.59. The van der Waals surface area contributed by atoms with Crippen LogP contribution in [0.3, 0.4) is 0 Å². The van der Waals surface area contributed by atoms with Crippen LogP contribution < -0.4 is 5.32 Å². The second-order valence-electron chi connectivity index (χ2n) is 4.09. The van der Waals surface area contributed by atoms with E-state index < -0.39 is 17.9 Å². The van der Waals surface area contributed by atoms with Gasteiger partial charge in [-0.3, -0.25) is 4.79 Å². The average molecular weight is 255 g/mol. The van der Waals surface area contributed by atoms with E-state index in [0.29, 0.717) is 22.6 Å². The molecule has 0 aromatic carbocycles. The standard InChI is InChI=1S/C12H17NO5/c1-6-7(2)18-8(3)10(6)11(15)13-9(4-5-14)12(16)17/h9,14H,4-5H2,1-3H3,(H,13,15)(H,16,17). The molecule has 1 heterocycles. The second-order valence-corrected chi connectivity index (χ2v) is 4.09. The molecule has 1 atom stereocenters. The monoisotopic (exact) mass is 255 g/mol. The Morgan fingerprint density at radius 3 is 2.28 bits per heavy atom. The van der Waals surface area contributed by atoms with E-state index in [1.54, 1.807) is 20.8 Å².